The van der Waals surface area contributed by atoms with E-state index in [9.17, 15) is 4.79 Å². The first-order chi connectivity index (χ1) is 14.6. The van der Waals surface area contributed by atoms with Crippen LogP contribution >= 0.6 is 11.3 Å². The lowest BCUT2D eigenvalue weighted by Gasteiger charge is -2.19. The number of carbonyl (C=O) groups excluding carboxylic acids is 1. The third-order valence-corrected chi connectivity index (χ3v) is 7.17. The molecule has 6 heteroatoms. The van der Waals surface area contributed by atoms with E-state index in [-0.39, 0.29) is 5.91 Å². The minimum absolute atomic E-state index is 0.0648. The van der Waals surface area contributed by atoms with Crippen molar-refractivity contribution < 1.29 is 4.79 Å². The Balaban J connectivity index is 1.22. The van der Waals surface area contributed by atoms with Crippen LogP contribution in [0, 0.1) is 18.4 Å². The molecule has 1 aliphatic carbocycles. The third kappa shape index (κ3) is 3.57. The summed E-state index contributed by atoms with van der Waals surface area (Å²) in [5.41, 5.74) is 4.45. The van der Waals surface area contributed by atoms with Gasteiger partial charge in [-0.3, -0.25) is 4.79 Å². The molecule has 4 heterocycles. The number of aryl methyl sites for hydroxylation is 1. The van der Waals surface area contributed by atoms with Crippen LogP contribution < -0.4 is 5.32 Å². The van der Waals surface area contributed by atoms with Crippen molar-refractivity contribution >= 4 is 39.7 Å². The summed E-state index contributed by atoms with van der Waals surface area (Å²) in [6.45, 7) is 12.7. The normalized spacial score (nSPS) is 22.4. The number of allylic oxidation sites excluding steroid dienone is 2. The predicted molar refractivity (Wildman–Crippen MR) is 121 cm³/mol. The van der Waals surface area contributed by atoms with E-state index in [0.29, 0.717) is 11.8 Å². The number of hydrogen-bond acceptors (Lipinski definition) is 4. The first-order valence-corrected chi connectivity index (χ1v) is 11.0. The first-order valence-electron chi connectivity index (χ1n) is 10.2. The molecule has 0 spiro atoms. The summed E-state index contributed by atoms with van der Waals surface area (Å²) in [7, 11) is 0. The molecule has 30 heavy (non-hydrogen) atoms. The molecular weight excluding hydrogens is 392 g/mol. The molecule has 2 unspecified atom stereocenters. The fourth-order valence-corrected chi connectivity index (χ4v) is 5.37. The van der Waals surface area contributed by atoms with Crippen molar-refractivity contribution in [3.63, 3.8) is 0 Å². The van der Waals surface area contributed by atoms with Gasteiger partial charge in [-0.15, -0.1) is 0 Å². The van der Waals surface area contributed by atoms with Crippen LogP contribution in [0.2, 0.25) is 0 Å². The van der Waals surface area contributed by atoms with Gasteiger partial charge < -0.3 is 10.2 Å². The Labute approximate surface area is 180 Å². The zero-order valence-electron chi connectivity index (χ0n) is 16.6. The molecule has 5 rings (SSSR count). The minimum Gasteiger partial charge on any atom is -0.344 e. The van der Waals surface area contributed by atoms with E-state index in [1.165, 1.54) is 16.0 Å². The summed E-state index contributed by atoms with van der Waals surface area (Å²) in [6, 6.07) is 6.04. The highest BCUT2D eigenvalue weighted by Gasteiger charge is 2.38. The zero-order chi connectivity index (χ0) is 20.7. The second kappa shape index (κ2) is 7.58. The van der Waals surface area contributed by atoms with Gasteiger partial charge in [0.25, 0.3) is 0 Å². The Bertz CT molecular complexity index is 1140. The number of fused-ring (bicyclic) bond motifs is 2. The Morgan fingerprint density at radius 1 is 1.37 bits per heavy atom. The van der Waals surface area contributed by atoms with Crippen LogP contribution in [0.15, 0.2) is 48.8 Å². The summed E-state index contributed by atoms with van der Waals surface area (Å²) in [6.07, 6.45) is 10.5. The number of nitrogens with zero attached hydrogens (tertiary/aromatic N) is 3. The average molecular weight is 415 g/mol. The highest BCUT2D eigenvalue weighted by molar-refractivity contribution is 7.17. The van der Waals surface area contributed by atoms with Gasteiger partial charge in [0.2, 0.25) is 10.9 Å². The molecule has 3 aliphatic rings. The number of amides is 1. The number of carbonyl (C=O) groups is 1. The van der Waals surface area contributed by atoms with E-state index in [2.05, 4.69) is 39.9 Å². The summed E-state index contributed by atoms with van der Waals surface area (Å²) in [4.78, 5) is 23.8. The number of rotatable bonds is 3. The highest BCUT2D eigenvalue weighted by atomic mass is 32.1. The molecule has 0 aromatic carbocycles. The molecule has 150 valence electrons. The fourth-order valence-electron chi connectivity index (χ4n) is 4.54. The molecule has 1 saturated heterocycles. The molecule has 2 aromatic heterocycles. The zero-order valence-corrected chi connectivity index (χ0v) is 17.4. The number of thiophene rings is 1. The quantitative estimate of drug-likeness (QED) is 0.559. The number of pyridine rings is 1. The Kier molecular flexibility index (Phi) is 4.76. The van der Waals surface area contributed by atoms with E-state index < -0.39 is 0 Å². The SMILES string of the molecule is [C-]#[N+]c1ccc(C2=CC3CN(C(=O)/C=C/c4cnc5c(c4)CCC(=C)N5)CC3C2)s1. The van der Waals surface area contributed by atoms with Crippen molar-refractivity contribution in [3.05, 3.63) is 76.2 Å². The maximum Gasteiger partial charge on any atom is 0.246 e. The van der Waals surface area contributed by atoms with E-state index >= 15 is 0 Å². The monoisotopic (exact) mass is 414 g/mol. The average Bonchev–Trinajstić information content (AvgIpc) is 3.46. The van der Waals surface area contributed by atoms with E-state index in [1.807, 2.05) is 17.0 Å². The molecule has 2 aliphatic heterocycles. The molecule has 0 bridgehead atoms. The predicted octanol–water partition coefficient (Wildman–Crippen LogP) is 5.14. The van der Waals surface area contributed by atoms with Crippen LogP contribution in [0.5, 0.6) is 0 Å². The van der Waals surface area contributed by atoms with Gasteiger partial charge in [0, 0.05) is 35.9 Å². The molecule has 1 amide bonds. The van der Waals surface area contributed by atoms with E-state index in [4.69, 9.17) is 6.57 Å². The molecule has 2 atom stereocenters. The van der Waals surface area contributed by atoms with Gasteiger partial charge in [0.15, 0.2) is 0 Å². The molecular formula is C24H22N4OS. The molecule has 0 radical (unpaired) electrons. The van der Waals surface area contributed by atoms with Crippen LogP contribution in [0.25, 0.3) is 16.5 Å². The minimum atomic E-state index is 0.0648. The first kappa shape index (κ1) is 18.8. The van der Waals surface area contributed by atoms with Crippen LogP contribution in [-0.2, 0) is 11.2 Å². The maximum atomic E-state index is 12.7. The number of aromatic nitrogens is 1. The molecule has 0 saturated carbocycles. The molecule has 1 N–H and O–H groups in total. The summed E-state index contributed by atoms with van der Waals surface area (Å²) in [5, 5.41) is 3.95. The van der Waals surface area contributed by atoms with Crippen molar-refractivity contribution in [2.45, 2.75) is 19.3 Å². The molecule has 5 nitrogen and oxygen atoms in total. The summed E-state index contributed by atoms with van der Waals surface area (Å²) >= 11 is 1.56. The molecule has 2 aromatic rings. The lowest BCUT2D eigenvalue weighted by atomic mass is 10.00. The number of likely N-dealkylation sites (tertiary alicyclic amines) is 1. The van der Waals surface area contributed by atoms with Gasteiger partial charge in [0.1, 0.15) is 5.82 Å². The topological polar surface area (TPSA) is 49.6 Å². The van der Waals surface area contributed by atoms with Gasteiger partial charge in [-0.25, -0.2) is 9.83 Å². The van der Waals surface area contributed by atoms with Crippen molar-refractivity contribution in [2.75, 3.05) is 18.4 Å². The Morgan fingerprint density at radius 3 is 3.07 bits per heavy atom. The second-order valence-corrected chi connectivity index (χ2v) is 9.21. The van der Waals surface area contributed by atoms with Gasteiger partial charge in [-0.1, -0.05) is 18.7 Å². The Morgan fingerprint density at radius 2 is 2.27 bits per heavy atom. The van der Waals surface area contributed by atoms with Crippen molar-refractivity contribution in [1.82, 2.24) is 9.88 Å². The van der Waals surface area contributed by atoms with Gasteiger partial charge in [-0.05, 0) is 66.0 Å². The van der Waals surface area contributed by atoms with Crippen LogP contribution in [-0.4, -0.2) is 28.9 Å². The second-order valence-electron chi connectivity index (χ2n) is 8.15. The fraction of sp³-hybridized carbons (Fsp3) is 0.292. The van der Waals surface area contributed by atoms with Gasteiger partial charge in [-0.2, -0.15) is 11.3 Å². The standard InChI is InChI=1S/C24H22N4OS/c1-15-3-5-17-9-16(12-26-24(17)27-15)4-8-23(29)28-13-19-10-18(11-20(19)14-28)21-6-7-22(25-2)30-21/h4,6-10,12,19-20H,1,3,5,11,13-14H2,(H,26,27)/b8-4+. The highest BCUT2D eigenvalue weighted by Crippen LogP contribution is 2.43. The lowest BCUT2D eigenvalue weighted by molar-refractivity contribution is -0.125. The van der Waals surface area contributed by atoms with Crippen molar-refractivity contribution in [1.29, 1.82) is 0 Å². The maximum absolute atomic E-state index is 12.7. The van der Waals surface area contributed by atoms with E-state index in [0.717, 1.165) is 54.4 Å². The van der Waals surface area contributed by atoms with Gasteiger partial charge >= 0.3 is 0 Å². The van der Waals surface area contributed by atoms with Crippen molar-refractivity contribution in [2.24, 2.45) is 11.8 Å². The number of anilines is 1. The summed E-state index contributed by atoms with van der Waals surface area (Å²) < 4.78 is 0. The Hall–Kier alpha value is -3.17. The van der Waals surface area contributed by atoms with Crippen LogP contribution in [0.1, 0.15) is 28.8 Å². The van der Waals surface area contributed by atoms with Crippen LogP contribution in [0.4, 0.5) is 10.8 Å². The van der Waals surface area contributed by atoms with Crippen LogP contribution in [0.3, 0.4) is 0 Å². The largest absolute Gasteiger partial charge is 0.344 e. The summed E-state index contributed by atoms with van der Waals surface area (Å²) in [5.74, 6) is 1.84. The lowest BCUT2D eigenvalue weighted by Crippen LogP contribution is -2.27. The number of hydrogen-bond donors (Lipinski definition) is 1. The number of nitrogens with one attached hydrogen (secondary N) is 1. The smallest absolute Gasteiger partial charge is 0.246 e. The van der Waals surface area contributed by atoms with E-state index in [1.54, 1.807) is 23.6 Å². The van der Waals surface area contributed by atoms with Crippen molar-refractivity contribution in [3.8, 4) is 0 Å². The third-order valence-electron chi connectivity index (χ3n) is 6.12. The molecule has 1 fully saturated rings. The van der Waals surface area contributed by atoms with Gasteiger partial charge in [0.05, 0.1) is 6.57 Å².